The second-order valence-electron chi connectivity index (χ2n) is 2.96. The van der Waals surface area contributed by atoms with Crippen molar-refractivity contribution in [3.63, 3.8) is 0 Å². The van der Waals surface area contributed by atoms with Crippen LogP contribution in [-0.4, -0.2) is 36.4 Å². The summed E-state index contributed by atoms with van der Waals surface area (Å²) in [7, 11) is 0. The van der Waals surface area contributed by atoms with Crippen LogP contribution in [0.4, 0.5) is 0 Å². The Hall–Kier alpha value is -0.940. The van der Waals surface area contributed by atoms with Gasteiger partial charge in [0.2, 0.25) is 6.39 Å². The number of rotatable bonds is 8. The maximum absolute atomic E-state index is 5.31. The number of nitrogens with zero attached hydrogens (tertiary/aromatic N) is 2. The summed E-state index contributed by atoms with van der Waals surface area (Å²) in [5.41, 5.74) is 0. The lowest BCUT2D eigenvalue weighted by molar-refractivity contribution is 0.136. The molecule has 80 valence electrons. The second kappa shape index (κ2) is 7.46. The highest BCUT2D eigenvalue weighted by molar-refractivity contribution is 4.78. The van der Waals surface area contributed by atoms with Gasteiger partial charge in [0.1, 0.15) is 0 Å². The van der Waals surface area contributed by atoms with E-state index in [9.17, 15) is 0 Å². The molecule has 5 nitrogen and oxygen atoms in total. The fourth-order valence-electron chi connectivity index (χ4n) is 1.02. The third-order valence-electron chi connectivity index (χ3n) is 1.70. The molecule has 0 saturated heterocycles. The van der Waals surface area contributed by atoms with E-state index in [1.807, 2.05) is 0 Å². The Morgan fingerprint density at radius 3 is 3.07 bits per heavy atom. The molecule has 0 saturated carbocycles. The topological polar surface area (TPSA) is 60.2 Å². The van der Waals surface area contributed by atoms with Crippen molar-refractivity contribution in [1.29, 1.82) is 0 Å². The molecule has 1 aromatic heterocycles. The summed E-state index contributed by atoms with van der Waals surface area (Å²) in [6, 6.07) is 0. The van der Waals surface area contributed by atoms with E-state index < -0.39 is 0 Å². The van der Waals surface area contributed by atoms with Gasteiger partial charge < -0.3 is 14.6 Å². The van der Waals surface area contributed by atoms with Crippen molar-refractivity contribution < 1.29 is 9.26 Å². The molecule has 14 heavy (non-hydrogen) atoms. The van der Waals surface area contributed by atoms with Crippen molar-refractivity contribution in [3.05, 3.63) is 12.2 Å². The minimum Gasteiger partial charge on any atom is -0.380 e. The molecule has 0 amide bonds. The number of aromatic nitrogens is 2. The van der Waals surface area contributed by atoms with Crippen LogP contribution < -0.4 is 5.32 Å². The molecular weight excluding hydrogens is 182 g/mol. The molecule has 0 radical (unpaired) electrons. The molecule has 1 N–H and O–H groups in total. The molecule has 1 heterocycles. The standard InChI is InChI=1S/C9H17N3O2/c1-2-6-13-7-5-10-4-3-9-11-8-14-12-9/h8,10H,2-7H2,1H3. The fraction of sp³-hybridized carbons (Fsp3) is 0.778. The van der Waals surface area contributed by atoms with Crippen molar-refractivity contribution in [2.75, 3.05) is 26.3 Å². The molecule has 1 rings (SSSR count). The van der Waals surface area contributed by atoms with Gasteiger partial charge >= 0.3 is 0 Å². The Morgan fingerprint density at radius 2 is 2.36 bits per heavy atom. The summed E-state index contributed by atoms with van der Waals surface area (Å²) >= 11 is 0. The van der Waals surface area contributed by atoms with Gasteiger partial charge in [0.25, 0.3) is 0 Å². The molecule has 5 heteroatoms. The molecule has 0 aromatic carbocycles. The van der Waals surface area contributed by atoms with Crippen LogP contribution in [0, 0.1) is 0 Å². The fourth-order valence-corrected chi connectivity index (χ4v) is 1.02. The summed E-state index contributed by atoms with van der Waals surface area (Å²) in [6.07, 6.45) is 3.22. The summed E-state index contributed by atoms with van der Waals surface area (Å²) in [5, 5.41) is 6.94. The Bertz CT molecular complexity index is 214. The normalized spacial score (nSPS) is 10.6. The lowest BCUT2D eigenvalue weighted by atomic mass is 10.4. The van der Waals surface area contributed by atoms with Gasteiger partial charge in [-0.05, 0) is 6.42 Å². The first-order valence-corrected chi connectivity index (χ1v) is 4.97. The van der Waals surface area contributed by atoms with E-state index >= 15 is 0 Å². The predicted octanol–water partition coefficient (Wildman–Crippen LogP) is 0.628. The Morgan fingerprint density at radius 1 is 1.43 bits per heavy atom. The molecule has 1 aromatic rings. The van der Waals surface area contributed by atoms with E-state index in [4.69, 9.17) is 4.74 Å². The quantitative estimate of drug-likeness (QED) is 0.622. The summed E-state index contributed by atoms with van der Waals surface area (Å²) < 4.78 is 9.92. The zero-order valence-electron chi connectivity index (χ0n) is 8.53. The van der Waals surface area contributed by atoms with Gasteiger partial charge in [-0.3, -0.25) is 0 Å². The highest BCUT2D eigenvalue weighted by Crippen LogP contribution is 1.87. The lowest BCUT2D eigenvalue weighted by Gasteiger charge is -2.03. The third-order valence-corrected chi connectivity index (χ3v) is 1.70. The maximum atomic E-state index is 5.31. The van der Waals surface area contributed by atoms with Crippen LogP contribution >= 0.6 is 0 Å². The Labute approximate surface area is 83.8 Å². The lowest BCUT2D eigenvalue weighted by Crippen LogP contribution is -2.22. The van der Waals surface area contributed by atoms with Gasteiger partial charge in [-0.2, -0.15) is 4.98 Å². The summed E-state index contributed by atoms with van der Waals surface area (Å²) in [5.74, 6) is 0.743. The van der Waals surface area contributed by atoms with Crippen molar-refractivity contribution in [1.82, 2.24) is 15.5 Å². The van der Waals surface area contributed by atoms with Crippen molar-refractivity contribution >= 4 is 0 Å². The number of nitrogens with one attached hydrogen (secondary N) is 1. The van der Waals surface area contributed by atoms with E-state index in [0.717, 1.165) is 45.0 Å². The number of ether oxygens (including phenoxy) is 1. The predicted molar refractivity (Wildman–Crippen MR) is 52.0 cm³/mol. The first-order chi connectivity index (χ1) is 6.93. The van der Waals surface area contributed by atoms with E-state index in [1.54, 1.807) is 0 Å². The molecule has 0 atom stereocenters. The van der Waals surface area contributed by atoms with Gasteiger partial charge in [0.15, 0.2) is 5.82 Å². The van der Waals surface area contributed by atoms with Crippen LogP contribution in [0.2, 0.25) is 0 Å². The largest absolute Gasteiger partial charge is 0.380 e. The molecule has 0 aliphatic rings. The Balaban J connectivity index is 1.85. The number of hydrogen-bond donors (Lipinski definition) is 1. The van der Waals surface area contributed by atoms with Crippen LogP contribution in [0.25, 0.3) is 0 Å². The second-order valence-corrected chi connectivity index (χ2v) is 2.96. The highest BCUT2D eigenvalue weighted by Gasteiger charge is 1.96. The minimum absolute atomic E-state index is 0.743. The van der Waals surface area contributed by atoms with Crippen LogP contribution in [0.5, 0.6) is 0 Å². The first kappa shape index (κ1) is 11.1. The average Bonchev–Trinajstić information content (AvgIpc) is 2.69. The van der Waals surface area contributed by atoms with Crippen LogP contribution in [0.1, 0.15) is 19.2 Å². The summed E-state index contributed by atoms with van der Waals surface area (Å²) in [4.78, 5) is 3.91. The van der Waals surface area contributed by atoms with Crippen LogP contribution in [-0.2, 0) is 11.2 Å². The minimum atomic E-state index is 0.743. The Kier molecular flexibility index (Phi) is 5.94. The van der Waals surface area contributed by atoms with Crippen LogP contribution in [0.15, 0.2) is 10.9 Å². The number of hydrogen-bond acceptors (Lipinski definition) is 5. The van der Waals surface area contributed by atoms with Gasteiger partial charge in [0, 0.05) is 26.1 Å². The monoisotopic (exact) mass is 199 g/mol. The molecule has 0 aliphatic heterocycles. The average molecular weight is 199 g/mol. The van der Waals surface area contributed by atoms with Gasteiger partial charge in [-0.1, -0.05) is 12.1 Å². The molecule has 0 spiro atoms. The van der Waals surface area contributed by atoms with E-state index in [0.29, 0.717) is 0 Å². The molecule has 0 fully saturated rings. The smallest absolute Gasteiger partial charge is 0.213 e. The maximum Gasteiger partial charge on any atom is 0.213 e. The van der Waals surface area contributed by atoms with Crippen molar-refractivity contribution in [3.8, 4) is 0 Å². The van der Waals surface area contributed by atoms with E-state index in [1.165, 1.54) is 6.39 Å². The zero-order valence-corrected chi connectivity index (χ0v) is 8.53. The van der Waals surface area contributed by atoms with E-state index in [-0.39, 0.29) is 0 Å². The molecule has 0 aliphatic carbocycles. The SMILES string of the molecule is CCCOCCNCCc1ncon1. The van der Waals surface area contributed by atoms with Gasteiger partial charge in [0.05, 0.1) is 6.61 Å². The van der Waals surface area contributed by atoms with Gasteiger partial charge in [-0.15, -0.1) is 0 Å². The zero-order chi connectivity index (χ0) is 10.1. The molecular formula is C9H17N3O2. The van der Waals surface area contributed by atoms with Gasteiger partial charge in [-0.25, -0.2) is 0 Å². The van der Waals surface area contributed by atoms with E-state index in [2.05, 4.69) is 26.9 Å². The molecule has 0 unspecified atom stereocenters. The molecule has 0 bridgehead atoms. The van der Waals surface area contributed by atoms with Crippen LogP contribution in [0.3, 0.4) is 0 Å². The van der Waals surface area contributed by atoms with Crippen molar-refractivity contribution in [2.45, 2.75) is 19.8 Å². The summed E-state index contributed by atoms with van der Waals surface area (Å²) in [6.45, 7) is 5.43. The first-order valence-electron chi connectivity index (χ1n) is 4.97. The third kappa shape index (κ3) is 4.94. The van der Waals surface area contributed by atoms with Crippen molar-refractivity contribution in [2.24, 2.45) is 0 Å². The highest BCUT2D eigenvalue weighted by atomic mass is 16.5.